The molecule has 1 N–H and O–H groups in total. The molecule has 0 aliphatic carbocycles. The van der Waals surface area contributed by atoms with E-state index in [-0.39, 0.29) is 6.10 Å². The van der Waals surface area contributed by atoms with Gasteiger partial charge in [-0.1, -0.05) is 13.8 Å². The standard InChI is InChI=1S/C15H24N2O2/c1-11(2)14-7-12(9-16-3)8-15(17-14)19-10-13-5-4-6-18-13/h7-8,11,13,16H,4-6,9-10H2,1-3H3. The molecule has 0 saturated carbocycles. The minimum atomic E-state index is 0.234. The number of pyridine rings is 1. The lowest BCUT2D eigenvalue weighted by molar-refractivity contribution is 0.0662. The maximum atomic E-state index is 5.80. The normalized spacial score (nSPS) is 19.1. The van der Waals surface area contributed by atoms with E-state index in [9.17, 15) is 0 Å². The Hall–Kier alpha value is -1.13. The Balaban J connectivity index is 2.04. The molecule has 1 aliphatic rings. The first kappa shape index (κ1) is 14.3. The van der Waals surface area contributed by atoms with Gasteiger partial charge in [0.2, 0.25) is 5.88 Å². The average Bonchev–Trinajstić information content (AvgIpc) is 2.89. The molecule has 2 heterocycles. The van der Waals surface area contributed by atoms with E-state index in [4.69, 9.17) is 9.47 Å². The Morgan fingerprint density at radius 1 is 1.47 bits per heavy atom. The molecule has 2 rings (SSSR count). The number of nitrogens with zero attached hydrogens (tertiary/aromatic N) is 1. The Morgan fingerprint density at radius 3 is 2.95 bits per heavy atom. The largest absolute Gasteiger partial charge is 0.475 e. The molecule has 1 unspecified atom stereocenters. The zero-order valence-corrected chi connectivity index (χ0v) is 12.1. The third-order valence-corrected chi connectivity index (χ3v) is 3.29. The van der Waals surface area contributed by atoms with Crippen LogP contribution in [-0.2, 0) is 11.3 Å². The predicted molar refractivity (Wildman–Crippen MR) is 75.6 cm³/mol. The fourth-order valence-corrected chi connectivity index (χ4v) is 2.21. The quantitative estimate of drug-likeness (QED) is 0.857. The Kier molecular flexibility index (Phi) is 5.16. The predicted octanol–water partition coefficient (Wildman–Crippen LogP) is 2.48. The lowest BCUT2D eigenvalue weighted by atomic mass is 10.1. The summed E-state index contributed by atoms with van der Waals surface area (Å²) in [5.41, 5.74) is 2.29. The van der Waals surface area contributed by atoms with Gasteiger partial charge in [0.15, 0.2) is 0 Å². The van der Waals surface area contributed by atoms with Crippen LogP contribution in [0.1, 0.15) is 43.9 Å². The van der Waals surface area contributed by atoms with Crippen LogP contribution in [0.2, 0.25) is 0 Å². The second-order valence-corrected chi connectivity index (χ2v) is 5.37. The number of hydrogen-bond acceptors (Lipinski definition) is 4. The fourth-order valence-electron chi connectivity index (χ4n) is 2.21. The van der Waals surface area contributed by atoms with Crippen molar-refractivity contribution in [3.8, 4) is 5.88 Å². The Morgan fingerprint density at radius 2 is 2.32 bits per heavy atom. The van der Waals surface area contributed by atoms with Crippen molar-refractivity contribution < 1.29 is 9.47 Å². The lowest BCUT2D eigenvalue weighted by Gasteiger charge is -2.14. The zero-order valence-electron chi connectivity index (χ0n) is 12.1. The molecule has 0 radical (unpaired) electrons. The lowest BCUT2D eigenvalue weighted by Crippen LogP contribution is -2.17. The van der Waals surface area contributed by atoms with Crippen LogP contribution in [0.5, 0.6) is 5.88 Å². The van der Waals surface area contributed by atoms with Crippen molar-refractivity contribution in [1.82, 2.24) is 10.3 Å². The van der Waals surface area contributed by atoms with Crippen molar-refractivity contribution in [2.24, 2.45) is 0 Å². The molecule has 1 aliphatic heterocycles. The Bertz CT molecular complexity index is 401. The minimum Gasteiger partial charge on any atom is -0.475 e. The highest BCUT2D eigenvalue weighted by molar-refractivity contribution is 5.26. The van der Waals surface area contributed by atoms with Crippen molar-refractivity contribution >= 4 is 0 Å². The van der Waals surface area contributed by atoms with Gasteiger partial charge in [0, 0.05) is 24.9 Å². The van der Waals surface area contributed by atoms with Gasteiger partial charge in [0.1, 0.15) is 6.61 Å². The molecule has 19 heavy (non-hydrogen) atoms. The Labute approximate surface area is 115 Å². The van der Waals surface area contributed by atoms with E-state index in [0.29, 0.717) is 18.4 Å². The van der Waals surface area contributed by atoms with Crippen molar-refractivity contribution in [1.29, 1.82) is 0 Å². The second-order valence-electron chi connectivity index (χ2n) is 5.37. The third-order valence-electron chi connectivity index (χ3n) is 3.29. The maximum absolute atomic E-state index is 5.80. The van der Waals surface area contributed by atoms with Crippen LogP contribution < -0.4 is 10.1 Å². The molecule has 0 bridgehead atoms. The second kappa shape index (κ2) is 6.87. The summed E-state index contributed by atoms with van der Waals surface area (Å²) < 4.78 is 11.4. The van der Waals surface area contributed by atoms with E-state index in [2.05, 4.69) is 30.2 Å². The van der Waals surface area contributed by atoms with Gasteiger partial charge in [-0.3, -0.25) is 0 Å². The summed E-state index contributed by atoms with van der Waals surface area (Å²) in [6.07, 6.45) is 2.46. The highest BCUT2D eigenvalue weighted by Crippen LogP contribution is 2.20. The van der Waals surface area contributed by atoms with E-state index >= 15 is 0 Å². The topological polar surface area (TPSA) is 43.4 Å². The van der Waals surface area contributed by atoms with Crippen molar-refractivity contribution in [2.75, 3.05) is 20.3 Å². The van der Waals surface area contributed by atoms with Crippen molar-refractivity contribution in [3.63, 3.8) is 0 Å². The van der Waals surface area contributed by atoms with Crippen LogP contribution in [0.3, 0.4) is 0 Å². The molecule has 0 aromatic carbocycles. The number of nitrogens with one attached hydrogen (secondary N) is 1. The van der Waals surface area contributed by atoms with Gasteiger partial charge in [-0.2, -0.15) is 0 Å². The van der Waals surface area contributed by atoms with Crippen LogP contribution in [0.4, 0.5) is 0 Å². The summed E-state index contributed by atoms with van der Waals surface area (Å²) in [5, 5.41) is 3.17. The molecular formula is C15H24N2O2. The van der Waals surface area contributed by atoms with Gasteiger partial charge in [0.25, 0.3) is 0 Å². The van der Waals surface area contributed by atoms with Crippen LogP contribution in [0, 0.1) is 0 Å². The molecule has 0 amide bonds. The molecule has 1 aromatic heterocycles. The molecule has 0 spiro atoms. The average molecular weight is 264 g/mol. The van der Waals surface area contributed by atoms with Crippen molar-refractivity contribution in [3.05, 3.63) is 23.4 Å². The first-order valence-electron chi connectivity index (χ1n) is 7.09. The molecular weight excluding hydrogens is 240 g/mol. The van der Waals surface area contributed by atoms with Gasteiger partial charge in [-0.25, -0.2) is 4.98 Å². The van der Waals surface area contributed by atoms with E-state index in [1.54, 1.807) is 0 Å². The van der Waals surface area contributed by atoms with Gasteiger partial charge in [-0.15, -0.1) is 0 Å². The maximum Gasteiger partial charge on any atom is 0.213 e. The van der Waals surface area contributed by atoms with Crippen LogP contribution in [0.25, 0.3) is 0 Å². The molecule has 1 saturated heterocycles. The summed E-state index contributed by atoms with van der Waals surface area (Å²) >= 11 is 0. The number of rotatable bonds is 6. The summed E-state index contributed by atoms with van der Waals surface area (Å²) in [7, 11) is 1.95. The van der Waals surface area contributed by atoms with E-state index < -0.39 is 0 Å². The zero-order chi connectivity index (χ0) is 13.7. The highest BCUT2D eigenvalue weighted by atomic mass is 16.5. The molecule has 4 nitrogen and oxygen atoms in total. The number of hydrogen-bond donors (Lipinski definition) is 1. The van der Waals surface area contributed by atoms with Crippen LogP contribution in [-0.4, -0.2) is 31.3 Å². The third kappa shape index (κ3) is 4.18. The molecule has 1 atom stereocenters. The smallest absolute Gasteiger partial charge is 0.213 e. The summed E-state index contributed by atoms with van der Waals surface area (Å²) in [6, 6.07) is 4.15. The van der Waals surface area contributed by atoms with E-state index in [1.807, 2.05) is 13.1 Å². The van der Waals surface area contributed by atoms with Gasteiger partial charge in [0.05, 0.1) is 6.10 Å². The number of aromatic nitrogens is 1. The summed E-state index contributed by atoms with van der Waals surface area (Å²) in [4.78, 5) is 4.57. The molecule has 1 aromatic rings. The van der Waals surface area contributed by atoms with Gasteiger partial charge >= 0.3 is 0 Å². The van der Waals surface area contributed by atoms with Gasteiger partial charge in [-0.05, 0) is 37.4 Å². The van der Waals surface area contributed by atoms with E-state index in [1.165, 1.54) is 5.56 Å². The van der Waals surface area contributed by atoms with Gasteiger partial charge < -0.3 is 14.8 Å². The molecule has 1 fully saturated rings. The molecule has 106 valence electrons. The first-order valence-corrected chi connectivity index (χ1v) is 7.09. The summed E-state index contributed by atoms with van der Waals surface area (Å²) in [6.45, 7) is 6.59. The monoisotopic (exact) mass is 264 g/mol. The molecule has 4 heteroatoms. The number of ether oxygens (including phenoxy) is 2. The highest BCUT2D eigenvalue weighted by Gasteiger charge is 2.16. The van der Waals surface area contributed by atoms with E-state index in [0.717, 1.165) is 31.7 Å². The van der Waals surface area contributed by atoms with Crippen LogP contribution in [0.15, 0.2) is 12.1 Å². The van der Waals surface area contributed by atoms with Crippen LogP contribution >= 0.6 is 0 Å². The minimum absolute atomic E-state index is 0.234. The summed E-state index contributed by atoms with van der Waals surface area (Å²) in [5.74, 6) is 1.12. The SMILES string of the molecule is CNCc1cc(OCC2CCCO2)nc(C(C)C)c1. The van der Waals surface area contributed by atoms with Crippen molar-refractivity contribution in [2.45, 2.75) is 45.3 Å². The fraction of sp³-hybridized carbons (Fsp3) is 0.667. The first-order chi connectivity index (χ1) is 9.19.